The van der Waals surface area contributed by atoms with Crippen LogP contribution in [0.25, 0.3) is 0 Å². The molecule has 2 aliphatic rings. The second kappa shape index (κ2) is 5.92. The molecular weight excluding hydrogens is 304 g/mol. The maximum atomic E-state index is 12.3. The molecule has 0 spiro atoms. The fourth-order valence-corrected chi connectivity index (χ4v) is 5.10. The van der Waals surface area contributed by atoms with Crippen molar-refractivity contribution in [2.24, 2.45) is 0 Å². The average Bonchev–Trinajstić information content (AvgIpc) is 3.07. The molecule has 2 fully saturated rings. The zero-order valence-corrected chi connectivity index (χ0v) is 13.3. The van der Waals surface area contributed by atoms with Crippen molar-refractivity contribution >= 4 is 15.7 Å². The van der Waals surface area contributed by atoms with Crippen molar-refractivity contribution in [2.45, 2.75) is 31.8 Å². The number of aromatic nitrogens is 2. The summed E-state index contributed by atoms with van der Waals surface area (Å²) in [5.41, 5.74) is 0.949. The summed E-state index contributed by atoms with van der Waals surface area (Å²) < 4.78 is 23.9. The molecule has 1 aromatic rings. The van der Waals surface area contributed by atoms with Crippen LogP contribution in [-0.2, 0) is 9.84 Å². The SMILES string of the molecule is Cc1cnc(C(=O)N[C@@H]2CS(=O)(=O)C[C@@H]2N2CCCC2)cn1. The molecule has 0 unspecified atom stereocenters. The van der Waals surface area contributed by atoms with Crippen LogP contribution in [0.3, 0.4) is 0 Å². The van der Waals surface area contributed by atoms with E-state index in [1.54, 1.807) is 6.92 Å². The number of carbonyl (C=O) groups is 1. The van der Waals surface area contributed by atoms with E-state index in [0.29, 0.717) is 0 Å². The van der Waals surface area contributed by atoms with E-state index in [2.05, 4.69) is 20.2 Å². The van der Waals surface area contributed by atoms with Crippen molar-refractivity contribution in [3.63, 3.8) is 0 Å². The Morgan fingerprint density at radius 2 is 1.95 bits per heavy atom. The highest BCUT2D eigenvalue weighted by atomic mass is 32.2. The summed E-state index contributed by atoms with van der Waals surface area (Å²) in [5.74, 6) is -0.240. The molecule has 0 saturated carbocycles. The van der Waals surface area contributed by atoms with Crippen molar-refractivity contribution in [3.05, 3.63) is 23.8 Å². The number of rotatable bonds is 3. The molecule has 8 heteroatoms. The predicted octanol–water partition coefficient (Wildman–Crippen LogP) is -0.224. The van der Waals surface area contributed by atoms with Gasteiger partial charge in [0.2, 0.25) is 0 Å². The van der Waals surface area contributed by atoms with Crippen LogP contribution in [0.15, 0.2) is 12.4 Å². The molecule has 3 heterocycles. The number of carbonyl (C=O) groups excluding carboxylic acids is 1. The van der Waals surface area contributed by atoms with E-state index in [1.165, 1.54) is 12.4 Å². The third-order valence-corrected chi connectivity index (χ3v) is 5.98. The molecule has 2 atom stereocenters. The van der Waals surface area contributed by atoms with Gasteiger partial charge in [0, 0.05) is 12.2 Å². The van der Waals surface area contributed by atoms with Gasteiger partial charge < -0.3 is 5.32 Å². The summed E-state index contributed by atoms with van der Waals surface area (Å²) >= 11 is 0. The van der Waals surface area contributed by atoms with Crippen LogP contribution in [0.4, 0.5) is 0 Å². The van der Waals surface area contributed by atoms with Gasteiger partial charge in [-0.05, 0) is 32.9 Å². The van der Waals surface area contributed by atoms with Crippen LogP contribution in [0.1, 0.15) is 29.0 Å². The Kier molecular flexibility index (Phi) is 4.14. The van der Waals surface area contributed by atoms with E-state index in [-0.39, 0.29) is 35.2 Å². The van der Waals surface area contributed by atoms with Gasteiger partial charge in [-0.25, -0.2) is 13.4 Å². The first-order chi connectivity index (χ1) is 10.4. The number of likely N-dealkylation sites (tertiary alicyclic amines) is 1. The summed E-state index contributed by atoms with van der Waals surface area (Å²) in [7, 11) is -3.11. The van der Waals surface area contributed by atoms with Crippen molar-refractivity contribution in [1.29, 1.82) is 0 Å². The fraction of sp³-hybridized carbons (Fsp3) is 0.643. The van der Waals surface area contributed by atoms with Gasteiger partial charge in [-0.1, -0.05) is 0 Å². The van der Waals surface area contributed by atoms with Crippen molar-refractivity contribution in [3.8, 4) is 0 Å². The van der Waals surface area contributed by atoms with Crippen LogP contribution >= 0.6 is 0 Å². The number of aryl methyl sites for hydroxylation is 1. The number of nitrogens with zero attached hydrogens (tertiary/aromatic N) is 3. The van der Waals surface area contributed by atoms with Crippen LogP contribution in [0.2, 0.25) is 0 Å². The summed E-state index contributed by atoms with van der Waals surface area (Å²) in [6.45, 7) is 3.59. The lowest BCUT2D eigenvalue weighted by Gasteiger charge is -2.28. The zero-order valence-electron chi connectivity index (χ0n) is 12.5. The minimum atomic E-state index is -3.11. The van der Waals surface area contributed by atoms with Crippen LogP contribution < -0.4 is 5.32 Å². The first-order valence-electron chi connectivity index (χ1n) is 7.48. The lowest BCUT2D eigenvalue weighted by Crippen LogP contribution is -2.50. The topological polar surface area (TPSA) is 92.3 Å². The summed E-state index contributed by atoms with van der Waals surface area (Å²) in [6, 6.07) is -0.506. The Hall–Kier alpha value is -1.54. The summed E-state index contributed by atoms with van der Waals surface area (Å²) in [6.07, 6.45) is 5.11. The highest BCUT2D eigenvalue weighted by Gasteiger charge is 2.42. The summed E-state index contributed by atoms with van der Waals surface area (Å²) in [5, 5.41) is 2.83. The van der Waals surface area contributed by atoms with Crippen molar-refractivity contribution in [2.75, 3.05) is 24.6 Å². The molecule has 2 aliphatic heterocycles. The second-order valence-corrected chi connectivity index (χ2v) is 8.16. The van der Waals surface area contributed by atoms with Crippen LogP contribution in [0.5, 0.6) is 0 Å². The van der Waals surface area contributed by atoms with E-state index in [0.717, 1.165) is 31.6 Å². The standard InChI is InChI=1S/C14H20N4O3S/c1-10-6-16-11(7-15-10)14(19)17-12-8-22(20,21)9-13(12)18-4-2-3-5-18/h6-7,12-13H,2-5,8-9H2,1H3,(H,17,19)/t12-,13+/m1/s1. The van der Waals surface area contributed by atoms with E-state index < -0.39 is 9.84 Å². The summed E-state index contributed by atoms with van der Waals surface area (Å²) in [4.78, 5) is 22.5. The number of hydrogen-bond donors (Lipinski definition) is 1. The third kappa shape index (κ3) is 3.27. The molecule has 1 aromatic heterocycles. The number of amides is 1. The van der Waals surface area contributed by atoms with Crippen molar-refractivity contribution in [1.82, 2.24) is 20.2 Å². The highest BCUT2D eigenvalue weighted by molar-refractivity contribution is 7.91. The number of sulfone groups is 1. The zero-order chi connectivity index (χ0) is 15.7. The molecule has 22 heavy (non-hydrogen) atoms. The fourth-order valence-electron chi connectivity index (χ4n) is 3.15. The largest absolute Gasteiger partial charge is 0.345 e. The molecule has 0 radical (unpaired) electrons. The van der Waals surface area contributed by atoms with Gasteiger partial charge >= 0.3 is 0 Å². The number of nitrogens with one attached hydrogen (secondary N) is 1. The lowest BCUT2D eigenvalue weighted by molar-refractivity contribution is 0.0913. The first kappa shape index (κ1) is 15.4. The monoisotopic (exact) mass is 324 g/mol. The molecule has 1 N–H and O–H groups in total. The minimum Gasteiger partial charge on any atom is -0.345 e. The molecule has 1 amide bonds. The Labute approximate surface area is 130 Å². The predicted molar refractivity (Wildman–Crippen MR) is 81.3 cm³/mol. The Morgan fingerprint density at radius 3 is 2.59 bits per heavy atom. The maximum absolute atomic E-state index is 12.3. The molecule has 3 rings (SSSR count). The average molecular weight is 324 g/mol. The van der Waals surface area contributed by atoms with Crippen LogP contribution in [-0.4, -0.2) is 65.9 Å². The molecule has 0 aliphatic carbocycles. The van der Waals surface area contributed by atoms with Gasteiger partial charge in [0.05, 0.1) is 29.4 Å². The quantitative estimate of drug-likeness (QED) is 0.826. The third-order valence-electron chi connectivity index (χ3n) is 4.26. The Bertz CT molecular complexity index is 653. The highest BCUT2D eigenvalue weighted by Crippen LogP contribution is 2.22. The number of hydrogen-bond acceptors (Lipinski definition) is 6. The van der Waals surface area contributed by atoms with Gasteiger partial charge in [-0.3, -0.25) is 14.7 Å². The first-order valence-corrected chi connectivity index (χ1v) is 9.31. The van der Waals surface area contributed by atoms with E-state index >= 15 is 0 Å². The van der Waals surface area contributed by atoms with Gasteiger partial charge in [0.15, 0.2) is 9.84 Å². The Morgan fingerprint density at radius 1 is 1.23 bits per heavy atom. The molecule has 7 nitrogen and oxygen atoms in total. The van der Waals surface area contributed by atoms with E-state index in [4.69, 9.17) is 0 Å². The van der Waals surface area contributed by atoms with Gasteiger partial charge in [-0.15, -0.1) is 0 Å². The smallest absolute Gasteiger partial charge is 0.271 e. The molecule has 0 bridgehead atoms. The molecule has 0 aromatic carbocycles. The minimum absolute atomic E-state index is 0.000797. The molecular formula is C14H20N4O3S. The lowest BCUT2D eigenvalue weighted by atomic mass is 10.1. The van der Waals surface area contributed by atoms with Gasteiger partial charge in [0.1, 0.15) is 5.69 Å². The normalized spacial score (nSPS) is 27.9. The molecule has 120 valence electrons. The molecule has 2 saturated heterocycles. The maximum Gasteiger partial charge on any atom is 0.271 e. The van der Waals surface area contributed by atoms with Gasteiger partial charge in [0.25, 0.3) is 5.91 Å². The van der Waals surface area contributed by atoms with Gasteiger partial charge in [-0.2, -0.15) is 0 Å². The van der Waals surface area contributed by atoms with Crippen molar-refractivity contribution < 1.29 is 13.2 Å². The van der Waals surface area contributed by atoms with E-state index in [1.807, 2.05) is 0 Å². The Balaban J connectivity index is 1.74. The second-order valence-electron chi connectivity index (χ2n) is 6.01. The van der Waals surface area contributed by atoms with Crippen LogP contribution in [0, 0.1) is 6.92 Å². The van der Waals surface area contributed by atoms with E-state index in [9.17, 15) is 13.2 Å².